The van der Waals surface area contributed by atoms with Crippen molar-refractivity contribution in [3.05, 3.63) is 18.2 Å². The van der Waals surface area contributed by atoms with Crippen LogP contribution >= 0.6 is 0 Å². The summed E-state index contributed by atoms with van der Waals surface area (Å²) >= 11 is 0. The second-order valence-electron chi connectivity index (χ2n) is 4.51. The molecule has 0 spiro atoms. The number of nitrogens with one attached hydrogen (secondary N) is 1. The summed E-state index contributed by atoms with van der Waals surface area (Å²) < 4.78 is 49.2. The molecule has 21 heavy (non-hydrogen) atoms. The molecule has 2 N–H and O–H groups in total. The van der Waals surface area contributed by atoms with Gasteiger partial charge in [-0.15, -0.1) is 0 Å². The number of aliphatic hydroxyl groups excluding tert-OH is 1. The van der Waals surface area contributed by atoms with Gasteiger partial charge in [-0.05, 0) is 25.1 Å². The van der Waals surface area contributed by atoms with E-state index < -0.39 is 19.9 Å². The maximum atomic E-state index is 12.5. The van der Waals surface area contributed by atoms with E-state index in [1.165, 1.54) is 19.2 Å². The van der Waals surface area contributed by atoms with Crippen molar-refractivity contribution in [1.29, 1.82) is 0 Å². The van der Waals surface area contributed by atoms with Crippen LogP contribution in [0, 0.1) is 0 Å². The number of hydrogen-bond donors (Lipinski definition) is 2. The third-order valence-electron chi connectivity index (χ3n) is 2.85. The summed E-state index contributed by atoms with van der Waals surface area (Å²) in [5.74, 6) is 0. The van der Waals surface area contributed by atoms with Crippen molar-refractivity contribution in [2.45, 2.75) is 16.7 Å². The Morgan fingerprint density at radius 1 is 1.24 bits per heavy atom. The van der Waals surface area contributed by atoms with Crippen LogP contribution in [0.2, 0.25) is 0 Å². The predicted molar refractivity (Wildman–Crippen MR) is 80.6 cm³/mol. The molecule has 1 aromatic carbocycles. The number of hydrogen-bond acceptors (Lipinski definition) is 6. The SMILES string of the molecule is CCNc1ccc(S(C)(=O)=O)cc1S(=O)(=O)N(C)CCO. The Balaban J connectivity index is 3.50. The van der Waals surface area contributed by atoms with Crippen molar-refractivity contribution in [2.75, 3.05) is 38.3 Å². The van der Waals surface area contributed by atoms with Crippen molar-refractivity contribution >= 4 is 25.5 Å². The second-order valence-corrected chi connectivity index (χ2v) is 8.54. The fourth-order valence-electron chi connectivity index (χ4n) is 1.71. The second kappa shape index (κ2) is 6.73. The van der Waals surface area contributed by atoms with Gasteiger partial charge in [-0.25, -0.2) is 16.8 Å². The Kier molecular flexibility index (Phi) is 5.74. The highest BCUT2D eigenvalue weighted by Crippen LogP contribution is 2.27. The monoisotopic (exact) mass is 336 g/mol. The average molecular weight is 336 g/mol. The summed E-state index contributed by atoms with van der Waals surface area (Å²) in [4.78, 5) is -0.191. The molecule has 0 atom stereocenters. The van der Waals surface area contributed by atoms with Gasteiger partial charge in [0, 0.05) is 26.4 Å². The molecule has 0 aliphatic carbocycles. The molecule has 0 bridgehead atoms. The lowest BCUT2D eigenvalue weighted by Crippen LogP contribution is -2.30. The zero-order valence-corrected chi connectivity index (χ0v) is 13.8. The van der Waals surface area contributed by atoms with E-state index in [9.17, 15) is 16.8 Å². The fraction of sp³-hybridized carbons (Fsp3) is 0.500. The van der Waals surface area contributed by atoms with Crippen molar-refractivity contribution in [1.82, 2.24) is 4.31 Å². The highest BCUT2D eigenvalue weighted by Gasteiger charge is 2.25. The molecule has 1 aromatic rings. The van der Waals surface area contributed by atoms with Crippen LogP contribution in [-0.2, 0) is 19.9 Å². The van der Waals surface area contributed by atoms with Crippen molar-refractivity contribution in [2.24, 2.45) is 0 Å². The maximum absolute atomic E-state index is 12.5. The highest BCUT2D eigenvalue weighted by atomic mass is 32.2. The topological polar surface area (TPSA) is 104 Å². The largest absolute Gasteiger partial charge is 0.395 e. The number of benzene rings is 1. The number of nitrogens with zero attached hydrogens (tertiary/aromatic N) is 1. The van der Waals surface area contributed by atoms with E-state index >= 15 is 0 Å². The van der Waals surface area contributed by atoms with Crippen molar-refractivity contribution < 1.29 is 21.9 Å². The molecule has 7 nitrogen and oxygen atoms in total. The van der Waals surface area contributed by atoms with Crippen LogP contribution < -0.4 is 5.32 Å². The zero-order valence-electron chi connectivity index (χ0n) is 12.2. The first kappa shape index (κ1) is 17.9. The first-order valence-corrected chi connectivity index (χ1v) is 9.63. The van der Waals surface area contributed by atoms with Crippen LogP contribution in [-0.4, -0.2) is 59.2 Å². The van der Waals surface area contributed by atoms with Crippen LogP contribution in [0.4, 0.5) is 5.69 Å². The standard InChI is InChI=1S/C12H20N2O5S2/c1-4-13-11-6-5-10(20(3,16)17)9-12(11)21(18,19)14(2)7-8-15/h5-6,9,13,15H,4,7-8H2,1-3H3. The van der Waals surface area contributed by atoms with Crippen LogP contribution in [0.15, 0.2) is 28.0 Å². The Bertz CT molecular complexity index is 698. The minimum Gasteiger partial charge on any atom is -0.395 e. The van der Waals surface area contributed by atoms with E-state index in [-0.39, 0.29) is 22.9 Å². The fourth-order valence-corrected chi connectivity index (χ4v) is 3.79. The maximum Gasteiger partial charge on any atom is 0.244 e. The predicted octanol–water partition coefficient (Wildman–Crippen LogP) is 0.135. The first-order valence-electron chi connectivity index (χ1n) is 6.29. The number of sulfone groups is 1. The van der Waals surface area contributed by atoms with E-state index in [0.29, 0.717) is 12.2 Å². The smallest absolute Gasteiger partial charge is 0.244 e. The molecule has 1 rings (SSSR count). The van der Waals surface area contributed by atoms with E-state index in [1.807, 2.05) is 0 Å². The van der Waals surface area contributed by atoms with Gasteiger partial charge in [0.15, 0.2) is 9.84 Å². The molecule has 9 heteroatoms. The van der Waals surface area contributed by atoms with Crippen LogP contribution in [0.1, 0.15) is 6.92 Å². The lowest BCUT2D eigenvalue weighted by atomic mass is 10.3. The summed E-state index contributed by atoms with van der Waals surface area (Å²) in [6.07, 6.45) is 1.02. The summed E-state index contributed by atoms with van der Waals surface area (Å²) in [5, 5.41) is 11.8. The molecular formula is C12H20N2O5S2. The minimum absolute atomic E-state index is 0.0693. The summed E-state index contributed by atoms with van der Waals surface area (Å²) in [7, 11) is -6.08. The molecular weight excluding hydrogens is 316 g/mol. The summed E-state index contributed by atoms with van der Waals surface area (Å²) in [5.41, 5.74) is 0.328. The molecule has 0 aromatic heterocycles. The van der Waals surface area contributed by atoms with Crippen LogP contribution in [0.3, 0.4) is 0 Å². The number of aliphatic hydroxyl groups is 1. The highest BCUT2D eigenvalue weighted by molar-refractivity contribution is 7.91. The van der Waals surface area contributed by atoms with E-state index in [0.717, 1.165) is 16.6 Å². The molecule has 0 unspecified atom stereocenters. The Hall–Kier alpha value is -1.16. The normalized spacial score (nSPS) is 12.6. The third kappa shape index (κ3) is 4.16. The summed E-state index contributed by atoms with van der Waals surface area (Å²) in [6, 6.07) is 3.93. The zero-order chi connectivity index (χ0) is 16.3. The molecule has 120 valence electrons. The molecule has 0 aliphatic heterocycles. The molecule has 0 radical (unpaired) electrons. The Morgan fingerprint density at radius 2 is 1.86 bits per heavy atom. The molecule has 0 saturated heterocycles. The van der Waals surface area contributed by atoms with E-state index in [4.69, 9.17) is 5.11 Å². The lowest BCUT2D eigenvalue weighted by molar-refractivity contribution is 0.266. The Morgan fingerprint density at radius 3 is 2.33 bits per heavy atom. The van der Waals surface area contributed by atoms with Gasteiger partial charge in [-0.2, -0.15) is 4.31 Å². The first-order chi connectivity index (χ1) is 9.64. The van der Waals surface area contributed by atoms with Gasteiger partial charge < -0.3 is 10.4 Å². The average Bonchev–Trinajstić information content (AvgIpc) is 2.38. The van der Waals surface area contributed by atoms with E-state index in [2.05, 4.69) is 5.32 Å². The van der Waals surface area contributed by atoms with Gasteiger partial charge in [0.25, 0.3) is 0 Å². The van der Waals surface area contributed by atoms with Gasteiger partial charge in [0.2, 0.25) is 10.0 Å². The van der Waals surface area contributed by atoms with Gasteiger partial charge in [-0.3, -0.25) is 0 Å². The molecule has 0 saturated carbocycles. The molecule has 0 amide bonds. The number of sulfonamides is 1. The number of likely N-dealkylation sites (N-methyl/N-ethyl adjacent to an activating group) is 1. The number of anilines is 1. The minimum atomic E-state index is -3.89. The van der Waals surface area contributed by atoms with Crippen LogP contribution in [0.5, 0.6) is 0 Å². The Labute approximate surface area is 125 Å². The van der Waals surface area contributed by atoms with Gasteiger partial charge in [-0.1, -0.05) is 0 Å². The van der Waals surface area contributed by atoms with Gasteiger partial charge in [0.05, 0.1) is 17.2 Å². The van der Waals surface area contributed by atoms with Gasteiger partial charge >= 0.3 is 0 Å². The molecule has 0 heterocycles. The van der Waals surface area contributed by atoms with E-state index in [1.54, 1.807) is 6.92 Å². The number of rotatable bonds is 7. The molecule has 0 fully saturated rings. The third-order valence-corrected chi connectivity index (χ3v) is 5.86. The summed E-state index contributed by atoms with van der Waals surface area (Å²) in [6.45, 7) is 1.90. The van der Waals surface area contributed by atoms with Crippen LogP contribution in [0.25, 0.3) is 0 Å². The quantitative estimate of drug-likeness (QED) is 0.734. The van der Waals surface area contributed by atoms with Crippen molar-refractivity contribution in [3.8, 4) is 0 Å². The van der Waals surface area contributed by atoms with Crippen molar-refractivity contribution in [3.63, 3.8) is 0 Å². The molecule has 0 aliphatic rings. The lowest BCUT2D eigenvalue weighted by Gasteiger charge is -2.19. The van der Waals surface area contributed by atoms with Gasteiger partial charge in [0.1, 0.15) is 4.90 Å².